The molecule has 1 aliphatic heterocycles. The van der Waals surface area contributed by atoms with Gasteiger partial charge in [-0.1, -0.05) is 12.5 Å². The number of nitrogens with two attached hydrogens (primary N) is 1. The monoisotopic (exact) mass is 271 g/mol. The fraction of sp³-hybridized carbons (Fsp3) is 0.583. The topological polar surface area (TPSA) is 75.8 Å². The molecule has 0 aromatic heterocycles. The summed E-state index contributed by atoms with van der Waals surface area (Å²) in [6.07, 6.45) is 10.2. The molecule has 1 rings (SSSR count). The van der Waals surface area contributed by atoms with Crippen LogP contribution in [0.15, 0.2) is 28.5 Å². The average Bonchev–Trinajstić information content (AvgIpc) is 2.26. The zero-order valence-electron chi connectivity index (χ0n) is 11.0. The summed E-state index contributed by atoms with van der Waals surface area (Å²) in [5, 5.41) is 3.44. The first-order valence-electron chi connectivity index (χ1n) is 6.07. The van der Waals surface area contributed by atoms with E-state index >= 15 is 0 Å². The third kappa shape index (κ3) is 3.87. The molecule has 0 unspecified atom stereocenters. The molecule has 102 valence electrons. The third-order valence-corrected chi connectivity index (χ3v) is 4.12. The summed E-state index contributed by atoms with van der Waals surface area (Å²) in [4.78, 5) is 0. The standard InChI is InChI=1S/C12H21N3O2S/c1-3-12-11(8-9-14-13)7-5-4-6-10-15(12)18(2,16)17/h3,8-9H,4-7,10,13H2,1-2H3/b11-8-,12-3+,14-9+. The van der Waals surface area contributed by atoms with Crippen molar-refractivity contribution in [2.24, 2.45) is 10.9 Å². The normalized spacial score (nSPS) is 23.6. The molecule has 0 amide bonds. The molecule has 0 aromatic carbocycles. The van der Waals surface area contributed by atoms with Gasteiger partial charge in [-0.25, -0.2) is 8.42 Å². The van der Waals surface area contributed by atoms with E-state index in [0.717, 1.165) is 37.0 Å². The van der Waals surface area contributed by atoms with Crippen molar-refractivity contribution in [3.05, 3.63) is 23.4 Å². The van der Waals surface area contributed by atoms with E-state index in [9.17, 15) is 8.42 Å². The van der Waals surface area contributed by atoms with Crippen molar-refractivity contribution in [2.75, 3.05) is 12.8 Å². The van der Waals surface area contributed by atoms with Gasteiger partial charge in [0.25, 0.3) is 0 Å². The summed E-state index contributed by atoms with van der Waals surface area (Å²) in [6.45, 7) is 2.39. The summed E-state index contributed by atoms with van der Waals surface area (Å²) in [6, 6.07) is 0. The first-order valence-corrected chi connectivity index (χ1v) is 7.92. The lowest BCUT2D eigenvalue weighted by Gasteiger charge is -2.29. The summed E-state index contributed by atoms with van der Waals surface area (Å²) >= 11 is 0. The van der Waals surface area contributed by atoms with E-state index in [1.165, 1.54) is 16.8 Å². The quantitative estimate of drug-likeness (QED) is 0.471. The van der Waals surface area contributed by atoms with Crippen LogP contribution < -0.4 is 5.84 Å². The zero-order chi connectivity index (χ0) is 13.6. The summed E-state index contributed by atoms with van der Waals surface area (Å²) in [7, 11) is -3.24. The van der Waals surface area contributed by atoms with Crippen molar-refractivity contribution in [3.8, 4) is 0 Å². The fourth-order valence-electron chi connectivity index (χ4n) is 2.13. The van der Waals surface area contributed by atoms with Crippen LogP contribution in [0.5, 0.6) is 0 Å². The summed E-state index contributed by atoms with van der Waals surface area (Å²) in [5.74, 6) is 5.10. The van der Waals surface area contributed by atoms with Gasteiger partial charge < -0.3 is 5.84 Å². The molecule has 0 saturated carbocycles. The van der Waals surface area contributed by atoms with Crippen LogP contribution in [0.1, 0.15) is 32.6 Å². The molecule has 1 fully saturated rings. The second-order valence-electron chi connectivity index (χ2n) is 4.31. The lowest BCUT2D eigenvalue weighted by molar-refractivity contribution is 0.449. The minimum absolute atomic E-state index is 0.537. The van der Waals surface area contributed by atoms with Crippen LogP contribution in [0.2, 0.25) is 0 Å². The maximum Gasteiger partial charge on any atom is 0.232 e. The molecule has 1 saturated heterocycles. The summed E-state index contributed by atoms with van der Waals surface area (Å²) < 4.78 is 25.2. The Morgan fingerprint density at radius 1 is 1.33 bits per heavy atom. The smallest absolute Gasteiger partial charge is 0.232 e. The largest absolute Gasteiger partial charge is 0.323 e. The maximum atomic E-state index is 11.8. The lowest BCUT2D eigenvalue weighted by atomic mass is 10.0. The van der Waals surface area contributed by atoms with Crippen LogP contribution in [0.3, 0.4) is 0 Å². The molecule has 0 bridgehead atoms. The zero-order valence-corrected chi connectivity index (χ0v) is 11.8. The van der Waals surface area contributed by atoms with Gasteiger partial charge in [0.1, 0.15) is 0 Å². The molecule has 5 nitrogen and oxygen atoms in total. The predicted molar refractivity (Wildman–Crippen MR) is 74.5 cm³/mol. The number of hydrogen-bond donors (Lipinski definition) is 1. The Morgan fingerprint density at radius 3 is 2.61 bits per heavy atom. The molecule has 1 heterocycles. The molecular weight excluding hydrogens is 250 g/mol. The van der Waals surface area contributed by atoms with E-state index in [0.29, 0.717) is 6.54 Å². The number of rotatable bonds is 2. The Hall–Kier alpha value is -1.30. The average molecular weight is 271 g/mol. The van der Waals surface area contributed by atoms with E-state index in [1.807, 2.05) is 13.0 Å². The van der Waals surface area contributed by atoms with E-state index in [1.54, 1.807) is 6.08 Å². The number of sulfonamides is 1. The molecule has 6 heteroatoms. The molecule has 0 spiro atoms. The number of hydrazone groups is 1. The maximum absolute atomic E-state index is 11.8. The Bertz CT molecular complexity index is 464. The van der Waals surface area contributed by atoms with Crippen LogP contribution in [0.25, 0.3) is 0 Å². The van der Waals surface area contributed by atoms with Crippen molar-refractivity contribution in [1.29, 1.82) is 0 Å². The van der Waals surface area contributed by atoms with Crippen LogP contribution in [-0.4, -0.2) is 31.7 Å². The van der Waals surface area contributed by atoms with E-state index < -0.39 is 10.0 Å². The molecule has 18 heavy (non-hydrogen) atoms. The second-order valence-corrected chi connectivity index (χ2v) is 6.22. The van der Waals surface area contributed by atoms with Crippen molar-refractivity contribution in [1.82, 2.24) is 4.31 Å². The fourth-order valence-corrected chi connectivity index (χ4v) is 3.17. The molecule has 0 aliphatic carbocycles. The van der Waals surface area contributed by atoms with Crippen LogP contribution in [0, 0.1) is 0 Å². The van der Waals surface area contributed by atoms with Gasteiger partial charge in [-0.05, 0) is 37.8 Å². The molecule has 0 aromatic rings. The molecule has 0 atom stereocenters. The SMILES string of the molecule is C\C=C1/C(=C\C=N\N)CCCCCN1S(C)(=O)=O. The minimum atomic E-state index is -3.24. The Balaban J connectivity index is 3.17. The van der Waals surface area contributed by atoms with E-state index in [2.05, 4.69) is 5.10 Å². The number of hydrogen-bond acceptors (Lipinski definition) is 4. The summed E-state index contributed by atoms with van der Waals surface area (Å²) in [5.41, 5.74) is 1.72. The van der Waals surface area contributed by atoms with Gasteiger partial charge in [0.15, 0.2) is 0 Å². The van der Waals surface area contributed by atoms with Crippen LogP contribution in [-0.2, 0) is 10.0 Å². The highest BCUT2D eigenvalue weighted by molar-refractivity contribution is 7.88. The molecule has 2 N–H and O–H groups in total. The Morgan fingerprint density at radius 2 is 2.06 bits per heavy atom. The van der Waals surface area contributed by atoms with Crippen LogP contribution >= 0.6 is 0 Å². The lowest BCUT2D eigenvalue weighted by Crippen LogP contribution is -2.32. The van der Waals surface area contributed by atoms with Gasteiger partial charge >= 0.3 is 0 Å². The minimum Gasteiger partial charge on any atom is -0.323 e. The van der Waals surface area contributed by atoms with Gasteiger partial charge in [0.2, 0.25) is 10.0 Å². The molecule has 1 aliphatic rings. The molecular formula is C12H21N3O2S. The first-order chi connectivity index (χ1) is 8.50. The second kappa shape index (κ2) is 6.58. The van der Waals surface area contributed by atoms with Gasteiger partial charge in [-0.3, -0.25) is 4.31 Å². The predicted octanol–water partition coefficient (Wildman–Crippen LogP) is 1.60. The highest BCUT2D eigenvalue weighted by Gasteiger charge is 2.22. The van der Waals surface area contributed by atoms with Gasteiger partial charge in [-0.2, -0.15) is 5.10 Å². The van der Waals surface area contributed by atoms with Crippen molar-refractivity contribution >= 4 is 16.2 Å². The van der Waals surface area contributed by atoms with E-state index in [-0.39, 0.29) is 0 Å². The van der Waals surface area contributed by atoms with Crippen molar-refractivity contribution in [2.45, 2.75) is 32.6 Å². The number of nitrogens with zero attached hydrogens (tertiary/aromatic N) is 2. The number of allylic oxidation sites excluding steroid dienone is 3. The first kappa shape index (κ1) is 14.8. The van der Waals surface area contributed by atoms with E-state index in [4.69, 9.17) is 5.84 Å². The van der Waals surface area contributed by atoms with Gasteiger partial charge in [0.05, 0.1) is 12.0 Å². The van der Waals surface area contributed by atoms with Crippen molar-refractivity contribution in [3.63, 3.8) is 0 Å². The Kier molecular flexibility index (Phi) is 5.40. The highest BCUT2D eigenvalue weighted by Crippen LogP contribution is 2.26. The third-order valence-electron chi connectivity index (χ3n) is 2.94. The van der Waals surface area contributed by atoms with Gasteiger partial charge in [-0.15, -0.1) is 0 Å². The van der Waals surface area contributed by atoms with Crippen molar-refractivity contribution < 1.29 is 8.42 Å². The molecule has 0 radical (unpaired) electrons. The van der Waals surface area contributed by atoms with Crippen LogP contribution in [0.4, 0.5) is 0 Å². The van der Waals surface area contributed by atoms with Gasteiger partial charge in [0, 0.05) is 12.8 Å². The highest BCUT2D eigenvalue weighted by atomic mass is 32.2. The Labute approximate surface area is 109 Å².